The van der Waals surface area contributed by atoms with Crippen LogP contribution in [0, 0.1) is 12.8 Å². The van der Waals surface area contributed by atoms with E-state index in [0.29, 0.717) is 35.8 Å². The third-order valence-corrected chi connectivity index (χ3v) is 8.16. The summed E-state index contributed by atoms with van der Waals surface area (Å²) < 4.78 is 36.7. The lowest BCUT2D eigenvalue weighted by molar-refractivity contribution is -0.116. The number of nitrogens with zero attached hydrogens (tertiary/aromatic N) is 1. The molecule has 1 N–H and O–H groups in total. The minimum atomic E-state index is -3.82. The Labute approximate surface area is 164 Å². The van der Waals surface area contributed by atoms with Crippen LogP contribution < -0.4 is 19.1 Å². The van der Waals surface area contributed by atoms with Gasteiger partial charge in [-0.1, -0.05) is 0 Å². The maximum Gasteiger partial charge on any atom is 0.250 e. The Morgan fingerprint density at radius 3 is 2.36 bits per heavy atom. The summed E-state index contributed by atoms with van der Waals surface area (Å²) in [4.78, 5) is 13.0. The normalized spacial score (nSPS) is 24.4. The Kier molecular flexibility index (Phi) is 4.26. The fourth-order valence-corrected chi connectivity index (χ4v) is 6.21. The van der Waals surface area contributed by atoms with Crippen LogP contribution in [-0.2, 0) is 14.8 Å². The van der Waals surface area contributed by atoms with Crippen LogP contribution in [0.5, 0.6) is 11.5 Å². The number of fused-ring (bicyclic) bond motifs is 1. The van der Waals surface area contributed by atoms with Gasteiger partial charge >= 0.3 is 0 Å². The van der Waals surface area contributed by atoms with Gasteiger partial charge in [0.05, 0.1) is 19.9 Å². The maximum absolute atomic E-state index is 13.2. The van der Waals surface area contributed by atoms with E-state index in [1.54, 1.807) is 56.7 Å². The number of ether oxygens (including phenoxy) is 2. The zero-order valence-electron chi connectivity index (χ0n) is 15.9. The van der Waals surface area contributed by atoms with E-state index >= 15 is 0 Å². The van der Waals surface area contributed by atoms with Gasteiger partial charge in [0.2, 0.25) is 15.9 Å². The summed E-state index contributed by atoms with van der Waals surface area (Å²) in [5.41, 5.74) is 1.94. The summed E-state index contributed by atoms with van der Waals surface area (Å²) in [6.45, 7) is 2.15. The van der Waals surface area contributed by atoms with E-state index in [1.807, 2.05) is 6.92 Å². The lowest BCUT2D eigenvalue weighted by atomic mass is 10.1. The number of carbonyl (C=O) groups excluding carboxylic acids is 1. The number of carbonyl (C=O) groups is 1. The highest BCUT2D eigenvalue weighted by Gasteiger charge is 2.75. The van der Waals surface area contributed by atoms with Crippen molar-refractivity contribution in [2.24, 2.45) is 5.92 Å². The third kappa shape index (κ3) is 2.63. The maximum atomic E-state index is 13.2. The molecule has 2 aromatic carbocycles. The number of anilines is 2. The molecule has 1 heterocycles. The monoisotopic (exact) mass is 402 g/mol. The van der Waals surface area contributed by atoms with Gasteiger partial charge in [-0.25, -0.2) is 8.42 Å². The van der Waals surface area contributed by atoms with E-state index in [0.717, 1.165) is 5.56 Å². The third-order valence-electron chi connectivity index (χ3n) is 5.61. The summed E-state index contributed by atoms with van der Waals surface area (Å²) >= 11 is 0. The number of sulfonamides is 1. The van der Waals surface area contributed by atoms with Gasteiger partial charge in [0.1, 0.15) is 11.5 Å². The van der Waals surface area contributed by atoms with Gasteiger partial charge in [0.25, 0.3) is 0 Å². The average Bonchev–Trinajstić information content (AvgIpc) is 3.38. The smallest absolute Gasteiger partial charge is 0.250 e. The molecule has 2 aromatic rings. The first-order chi connectivity index (χ1) is 13.3. The summed E-state index contributed by atoms with van der Waals surface area (Å²) in [7, 11) is -0.693. The van der Waals surface area contributed by atoms with Gasteiger partial charge in [-0.2, -0.15) is 0 Å². The highest BCUT2D eigenvalue weighted by molar-refractivity contribution is 7.95. The zero-order chi connectivity index (χ0) is 20.1. The Balaban J connectivity index is 1.59. The molecule has 0 aromatic heterocycles. The Morgan fingerprint density at radius 2 is 1.75 bits per heavy atom. The van der Waals surface area contributed by atoms with Crippen molar-refractivity contribution in [2.45, 2.75) is 18.1 Å². The van der Waals surface area contributed by atoms with Crippen molar-refractivity contribution >= 4 is 27.3 Å². The first-order valence-corrected chi connectivity index (χ1v) is 10.4. The van der Waals surface area contributed by atoms with Gasteiger partial charge in [-0.15, -0.1) is 0 Å². The molecule has 2 unspecified atom stereocenters. The van der Waals surface area contributed by atoms with Crippen molar-refractivity contribution in [1.29, 1.82) is 0 Å². The molecule has 0 bridgehead atoms. The van der Waals surface area contributed by atoms with E-state index in [-0.39, 0.29) is 5.92 Å². The van der Waals surface area contributed by atoms with Crippen LogP contribution in [0.3, 0.4) is 0 Å². The van der Waals surface area contributed by atoms with Gasteiger partial charge in [0.15, 0.2) is 4.75 Å². The standard InChI is InChI=1S/C20H22N2O5S/c1-13-10-17(27-3)8-9-18(13)21-19(23)20-11-14(20)12-22(28(20,24)25)15-4-6-16(26-2)7-5-15/h4-10,14H,11-12H2,1-3H3,(H,21,23). The number of nitrogens with one attached hydrogen (secondary N) is 1. The van der Waals surface area contributed by atoms with Crippen LogP contribution >= 0.6 is 0 Å². The van der Waals surface area contributed by atoms with Crippen LogP contribution in [0.4, 0.5) is 11.4 Å². The molecule has 1 aliphatic heterocycles. The fourth-order valence-electron chi connectivity index (χ4n) is 3.85. The molecule has 8 heteroatoms. The molecule has 1 saturated heterocycles. The summed E-state index contributed by atoms with van der Waals surface area (Å²) in [5, 5.41) is 2.81. The van der Waals surface area contributed by atoms with Crippen LogP contribution in [-0.4, -0.2) is 39.8 Å². The molecule has 1 saturated carbocycles. The molecule has 0 spiro atoms. The molecule has 2 atom stereocenters. The van der Waals surface area contributed by atoms with Crippen molar-refractivity contribution in [3.63, 3.8) is 0 Å². The van der Waals surface area contributed by atoms with Crippen molar-refractivity contribution in [1.82, 2.24) is 0 Å². The first kappa shape index (κ1) is 18.6. The number of hydrogen-bond acceptors (Lipinski definition) is 5. The average molecular weight is 402 g/mol. The Morgan fingerprint density at radius 1 is 1.11 bits per heavy atom. The molecule has 2 aliphatic rings. The topological polar surface area (TPSA) is 84.9 Å². The molecule has 7 nitrogen and oxygen atoms in total. The van der Waals surface area contributed by atoms with E-state index < -0.39 is 20.7 Å². The Hall–Kier alpha value is -2.74. The van der Waals surface area contributed by atoms with Crippen LogP contribution in [0.2, 0.25) is 0 Å². The second kappa shape index (κ2) is 6.41. The molecule has 1 aliphatic carbocycles. The molecule has 0 radical (unpaired) electrons. The van der Waals surface area contributed by atoms with Crippen molar-refractivity contribution in [3.05, 3.63) is 48.0 Å². The summed E-state index contributed by atoms with van der Waals surface area (Å²) in [5.74, 6) is 0.644. The minimum absolute atomic E-state index is 0.210. The number of aryl methyl sites for hydroxylation is 1. The summed E-state index contributed by atoms with van der Waals surface area (Å²) in [6, 6.07) is 12.1. The number of rotatable bonds is 5. The zero-order valence-corrected chi connectivity index (χ0v) is 16.7. The van der Waals surface area contributed by atoms with Crippen molar-refractivity contribution in [2.75, 3.05) is 30.4 Å². The minimum Gasteiger partial charge on any atom is -0.497 e. The molecule has 1 amide bonds. The second-order valence-electron chi connectivity index (χ2n) is 7.16. The molecule has 148 valence electrons. The van der Waals surface area contributed by atoms with Crippen LogP contribution in [0.15, 0.2) is 42.5 Å². The lowest BCUT2D eigenvalue weighted by Gasteiger charge is -2.23. The molecule has 2 fully saturated rings. The van der Waals surface area contributed by atoms with E-state index in [9.17, 15) is 13.2 Å². The van der Waals surface area contributed by atoms with Gasteiger partial charge in [-0.3, -0.25) is 9.10 Å². The van der Waals surface area contributed by atoms with Crippen LogP contribution in [0.25, 0.3) is 0 Å². The second-order valence-corrected chi connectivity index (χ2v) is 9.28. The molecule has 28 heavy (non-hydrogen) atoms. The summed E-state index contributed by atoms with van der Waals surface area (Å²) in [6.07, 6.45) is 0.350. The molecular formula is C20H22N2O5S. The van der Waals surface area contributed by atoms with Gasteiger partial charge < -0.3 is 14.8 Å². The van der Waals surface area contributed by atoms with E-state index in [4.69, 9.17) is 9.47 Å². The Bertz CT molecular complexity index is 1040. The van der Waals surface area contributed by atoms with E-state index in [2.05, 4.69) is 5.32 Å². The largest absolute Gasteiger partial charge is 0.497 e. The number of benzene rings is 2. The van der Waals surface area contributed by atoms with Gasteiger partial charge in [-0.05, 0) is 61.4 Å². The number of methoxy groups -OCH3 is 2. The lowest BCUT2D eigenvalue weighted by Crippen LogP contribution is -2.42. The predicted molar refractivity (Wildman–Crippen MR) is 106 cm³/mol. The number of amides is 1. The SMILES string of the molecule is COc1ccc(N2CC3CC3(C(=O)Nc3ccc(OC)cc3C)S2(=O)=O)cc1. The first-order valence-electron chi connectivity index (χ1n) is 8.96. The highest BCUT2D eigenvalue weighted by Crippen LogP contribution is 2.58. The van der Waals surface area contributed by atoms with Gasteiger partial charge in [0, 0.05) is 18.2 Å². The molecule has 4 rings (SSSR count). The van der Waals surface area contributed by atoms with Crippen molar-refractivity contribution < 1.29 is 22.7 Å². The predicted octanol–water partition coefficient (Wildman–Crippen LogP) is 2.56. The highest BCUT2D eigenvalue weighted by atomic mass is 32.2. The fraction of sp³-hybridized carbons (Fsp3) is 0.350. The van der Waals surface area contributed by atoms with Crippen molar-refractivity contribution in [3.8, 4) is 11.5 Å². The van der Waals surface area contributed by atoms with Crippen LogP contribution in [0.1, 0.15) is 12.0 Å². The van der Waals surface area contributed by atoms with E-state index in [1.165, 1.54) is 4.31 Å². The molecular weight excluding hydrogens is 380 g/mol. The quantitative estimate of drug-likeness (QED) is 0.831. The number of hydrogen-bond donors (Lipinski definition) is 1.